The summed E-state index contributed by atoms with van der Waals surface area (Å²) in [4.78, 5) is 36.3. The third kappa shape index (κ3) is 4.21. The van der Waals surface area contributed by atoms with Gasteiger partial charge in [-0.15, -0.1) is 0 Å². The van der Waals surface area contributed by atoms with Gasteiger partial charge in [0.25, 0.3) is 0 Å². The summed E-state index contributed by atoms with van der Waals surface area (Å²) in [6.07, 6.45) is 3.18. The summed E-state index contributed by atoms with van der Waals surface area (Å²) >= 11 is 1.51. The van der Waals surface area contributed by atoms with Crippen molar-refractivity contribution in [3.8, 4) is 0 Å². The van der Waals surface area contributed by atoms with Gasteiger partial charge < -0.3 is 12.5 Å². The monoisotopic (exact) mass is 468 g/mol. The molecule has 0 heterocycles. The minimum absolute atomic E-state index is 0.0762. The molecule has 2 rings (SSSR count). The Morgan fingerprint density at radius 3 is 2.38 bits per heavy atom. The highest BCUT2D eigenvalue weighted by atomic mass is 127. The van der Waals surface area contributed by atoms with Gasteiger partial charge in [-0.2, -0.15) is 0 Å². The highest BCUT2D eigenvalue weighted by Gasteiger charge is 2.34. The minimum atomic E-state index is -0.468. The molecule has 0 atom stereocenters. The fourth-order valence-electron chi connectivity index (χ4n) is 2.61. The van der Waals surface area contributed by atoms with E-state index in [0.29, 0.717) is 11.1 Å². The van der Waals surface area contributed by atoms with Gasteiger partial charge in [-0.25, -0.2) is 4.79 Å². The van der Waals surface area contributed by atoms with Gasteiger partial charge in [0.1, 0.15) is 0 Å². The van der Waals surface area contributed by atoms with E-state index in [-0.39, 0.29) is 29.5 Å². The van der Waals surface area contributed by atoms with Crippen LogP contribution in [-0.2, 0) is 33.3 Å². The summed E-state index contributed by atoms with van der Waals surface area (Å²) < 4.78 is 14.6. The van der Waals surface area contributed by atoms with Crippen LogP contribution in [0.3, 0.4) is 0 Å². The highest BCUT2D eigenvalue weighted by Crippen LogP contribution is 2.28. The van der Waals surface area contributed by atoms with Gasteiger partial charge in [0.05, 0.1) is 14.2 Å². The van der Waals surface area contributed by atoms with Crippen molar-refractivity contribution in [2.75, 3.05) is 14.2 Å². The van der Waals surface area contributed by atoms with E-state index < -0.39 is 5.97 Å². The van der Waals surface area contributed by atoms with Crippen LogP contribution in [0, 0.1) is 0 Å². The van der Waals surface area contributed by atoms with Gasteiger partial charge >= 0.3 is 5.97 Å². The van der Waals surface area contributed by atoms with Crippen LogP contribution < -0.4 is 0 Å². The molecule has 1 aliphatic rings. The number of Topliss-reactive ketones (excluding diaryl/α,β-unsaturated/α-hetero) is 2. The van der Waals surface area contributed by atoms with Gasteiger partial charge in [-0.3, -0.25) is 9.59 Å². The van der Waals surface area contributed by atoms with Crippen LogP contribution in [0.25, 0.3) is 6.08 Å². The number of hydrogen-bond donors (Lipinski definition) is 0. The molecule has 0 aliphatic heterocycles. The molecule has 0 saturated carbocycles. The average molecular weight is 468 g/mol. The Labute approximate surface area is 165 Å². The van der Waals surface area contributed by atoms with Crippen LogP contribution in [0.5, 0.6) is 0 Å². The first kappa shape index (κ1) is 19.9. The highest BCUT2D eigenvalue weighted by molar-refractivity contribution is 14.1. The maximum atomic E-state index is 12.7. The van der Waals surface area contributed by atoms with Gasteiger partial charge in [-0.05, 0) is 24.1 Å². The number of benzene rings is 1. The second-order valence-electron chi connectivity index (χ2n) is 5.48. The number of ether oxygens (including phenoxy) is 2. The maximum absolute atomic E-state index is 12.7. The van der Waals surface area contributed by atoms with Crippen LogP contribution in [0.15, 0.2) is 53.0 Å². The molecule has 0 fully saturated rings. The van der Waals surface area contributed by atoms with E-state index >= 15 is 0 Å². The molecule has 0 bridgehead atoms. The largest absolute Gasteiger partial charge is 0.489 e. The third-order valence-corrected chi connectivity index (χ3v) is 4.35. The van der Waals surface area contributed by atoms with Crippen molar-refractivity contribution >= 4 is 46.6 Å². The number of hydrogen-bond acceptors (Lipinski definition) is 6. The van der Waals surface area contributed by atoms with Crippen molar-refractivity contribution < 1.29 is 26.9 Å². The van der Waals surface area contributed by atoms with Crippen molar-refractivity contribution in [3.05, 3.63) is 64.1 Å². The number of carbonyl (C=O) groups excluding carboxylic acids is 3. The molecule has 1 aliphatic carbocycles. The van der Waals surface area contributed by atoms with E-state index in [1.54, 1.807) is 13.0 Å². The van der Waals surface area contributed by atoms with Gasteiger partial charge in [0.15, 0.2) is 23.0 Å². The maximum Gasteiger partial charge on any atom is 0.340 e. The molecule has 0 aromatic heterocycles. The molecule has 7 heteroatoms. The molecule has 6 nitrogen and oxygen atoms in total. The topological polar surface area (TPSA) is 78.9 Å². The Balaban J connectivity index is 2.32. The van der Waals surface area contributed by atoms with Crippen molar-refractivity contribution in [3.63, 3.8) is 0 Å². The molecule has 136 valence electrons. The molecule has 0 amide bonds. The van der Waals surface area contributed by atoms with Gasteiger partial charge in [0.2, 0.25) is 23.1 Å². The summed E-state index contributed by atoms with van der Waals surface area (Å²) in [5.41, 5.74) is 2.29. The van der Waals surface area contributed by atoms with Crippen molar-refractivity contribution in [2.45, 2.75) is 13.3 Å². The summed E-state index contributed by atoms with van der Waals surface area (Å²) in [6.45, 7) is 1.60. The van der Waals surface area contributed by atoms with Crippen LogP contribution >= 0.6 is 23.0 Å². The predicted molar refractivity (Wildman–Crippen MR) is 103 cm³/mol. The van der Waals surface area contributed by atoms with Crippen molar-refractivity contribution in [1.82, 2.24) is 0 Å². The quantitative estimate of drug-likeness (QED) is 0.363. The second-order valence-corrected chi connectivity index (χ2v) is 5.92. The standard InChI is InChI=1S/C19H17IO6/c1-11-14(17(23)19(25-3)18(24-2)16(11)22)10-13-6-4-5-12(9-13)7-8-15(21)26-20/h4-9H,10H2,1-3H3/b8-7+. The fourth-order valence-corrected chi connectivity index (χ4v) is 2.75. The molecular weight excluding hydrogens is 451 g/mol. The van der Waals surface area contributed by atoms with E-state index in [1.807, 2.05) is 24.3 Å². The molecule has 1 aromatic carbocycles. The Bertz CT molecular complexity index is 847. The first-order valence-electron chi connectivity index (χ1n) is 7.63. The molecule has 0 N–H and O–H groups in total. The number of methoxy groups -OCH3 is 2. The molecule has 0 spiro atoms. The van der Waals surface area contributed by atoms with Gasteiger partial charge in [-0.1, -0.05) is 24.3 Å². The Morgan fingerprint density at radius 2 is 1.77 bits per heavy atom. The number of ketones is 2. The van der Waals surface area contributed by atoms with E-state index in [2.05, 4.69) is 3.07 Å². The molecule has 26 heavy (non-hydrogen) atoms. The van der Waals surface area contributed by atoms with Crippen molar-refractivity contribution in [1.29, 1.82) is 0 Å². The number of rotatable bonds is 6. The third-order valence-electron chi connectivity index (χ3n) is 3.91. The minimum Gasteiger partial charge on any atom is -0.489 e. The number of carbonyl (C=O) groups is 3. The molecule has 0 saturated heterocycles. The lowest BCUT2D eigenvalue weighted by Crippen LogP contribution is -2.26. The lowest BCUT2D eigenvalue weighted by atomic mass is 9.88. The summed E-state index contributed by atoms with van der Waals surface area (Å²) in [6, 6.07) is 7.30. The summed E-state index contributed by atoms with van der Waals surface area (Å²) in [5, 5.41) is 0. The first-order valence-corrected chi connectivity index (χ1v) is 8.52. The smallest absolute Gasteiger partial charge is 0.340 e. The SMILES string of the molecule is COC1=C(OC)C(=O)C(Cc2cccc(/C=C/C(=O)OI)c2)=C(C)C1=O. The predicted octanol–water partition coefficient (Wildman–Crippen LogP) is 3.11. The molecule has 0 radical (unpaired) electrons. The summed E-state index contributed by atoms with van der Waals surface area (Å²) in [7, 11) is 2.66. The van der Waals surface area contributed by atoms with Crippen LogP contribution in [0.1, 0.15) is 18.1 Å². The van der Waals surface area contributed by atoms with Gasteiger partial charge in [0, 0.05) is 23.6 Å². The normalized spacial score (nSPS) is 14.9. The lowest BCUT2D eigenvalue weighted by molar-refractivity contribution is -0.126. The lowest BCUT2D eigenvalue weighted by Gasteiger charge is -2.20. The van der Waals surface area contributed by atoms with Crippen LogP contribution in [0.4, 0.5) is 0 Å². The number of allylic oxidation sites excluding steroid dienone is 2. The Hall–Kier alpha value is -2.42. The van der Waals surface area contributed by atoms with E-state index in [4.69, 9.17) is 9.47 Å². The molecule has 0 unspecified atom stereocenters. The van der Waals surface area contributed by atoms with Crippen molar-refractivity contribution in [2.24, 2.45) is 0 Å². The molecular formula is C19H17IO6. The van der Waals surface area contributed by atoms with E-state index in [9.17, 15) is 14.4 Å². The first-order chi connectivity index (χ1) is 12.4. The average Bonchev–Trinajstić information content (AvgIpc) is 2.66. The van der Waals surface area contributed by atoms with E-state index in [1.165, 1.54) is 43.3 Å². The second kappa shape index (κ2) is 8.79. The summed E-state index contributed by atoms with van der Waals surface area (Å²) in [5.74, 6) is -1.35. The molecule has 1 aromatic rings. The Morgan fingerprint density at radius 1 is 1.12 bits per heavy atom. The van der Waals surface area contributed by atoms with Crippen LogP contribution in [-0.4, -0.2) is 31.8 Å². The van der Waals surface area contributed by atoms with Crippen LogP contribution in [0.2, 0.25) is 0 Å². The zero-order valence-electron chi connectivity index (χ0n) is 14.5. The van der Waals surface area contributed by atoms with E-state index in [0.717, 1.165) is 11.1 Å². The fraction of sp³-hybridized carbons (Fsp3) is 0.211. The Kier molecular flexibility index (Phi) is 6.73. The zero-order valence-corrected chi connectivity index (χ0v) is 16.7. The number of halogens is 1. The zero-order chi connectivity index (χ0) is 19.3.